The summed E-state index contributed by atoms with van der Waals surface area (Å²) in [5.74, 6) is 0.0316. The fourth-order valence-corrected chi connectivity index (χ4v) is 2.74. The van der Waals surface area contributed by atoms with Crippen LogP contribution in [0.5, 0.6) is 0 Å². The molecule has 3 rings (SSSR count). The number of benzene rings is 1. The number of carboxylic acids is 1. The minimum atomic E-state index is -0.922. The Hall–Kier alpha value is -1.88. The van der Waals surface area contributed by atoms with Crippen LogP contribution in [0.4, 0.5) is 0 Å². The van der Waals surface area contributed by atoms with Crippen LogP contribution in [-0.4, -0.2) is 33.3 Å². The Kier molecular flexibility index (Phi) is 3.44. The minimum Gasteiger partial charge on any atom is -0.478 e. The van der Waals surface area contributed by atoms with Crippen LogP contribution in [0.3, 0.4) is 0 Å². The number of nitrogens with zero attached hydrogens (tertiary/aromatic N) is 2. The van der Waals surface area contributed by atoms with Crippen LogP contribution in [0.25, 0.3) is 11.0 Å². The van der Waals surface area contributed by atoms with E-state index >= 15 is 0 Å². The average Bonchev–Trinajstić information content (AvgIpc) is 2.76. The highest BCUT2D eigenvalue weighted by molar-refractivity contribution is 5.92. The van der Waals surface area contributed by atoms with E-state index < -0.39 is 5.97 Å². The molecule has 2 heterocycles. The topological polar surface area (TPSA) is 64.4 Å². The summed E-state index contributed by atoms with van der Waals surface area (Å²) in [7, 11) is 1.97. The summed E-state index contributed by atoms with van der Waals surface area (Å²) in [5.41, 5.74) is 1.97. The van der Waals surface area contributed by atoms with Crippen LogP contribution in [0.1, 0.15) is 35.4 Å². The van der Waals surface area contributed by atoms with Crippen molar-refractivity contribution in [2.75, 3.05) is 6.61 Å². The van der Waals surface area contributed by atoms with Crippen molar-refractivity contribution < 1.29 is 14.6 Å². The molecule has 106 valence electrons. The van der Waals surface area contributed by atoms with Crippen molar-refractivity contribution in [3.63, 3.8) is 0 Å². The molecule has 1 aromatic heterocycles. The van der Waals surface area contributed by atoms with Gasteiger partial charge in [-0.05, 0) is 37.5 Å². The number of carboxylic acid groups (broad SMARTS) is 1. The van der Waals surface area contributed by atoms with Gasteiger partial charge in [-0.2, -0.15) is 0 Å². The van der Waals surface area contributed by atoms with Gasteiger partial charge in [-0.1, -0.05) is 0 Å². The first-order valence-corrected chi connectivity index (χ1v) is 6.95. The third kappa shape index (κ3) is 2.41. The molecule has 2 aromatic rings. The van der Waals surface area contributed by atoms with Crippen LogP contribution < -0.4 is 0 Å². The molecule has 0 saturated carbocycles. The molecular weight excluding hydrogens is 256 g/mol. The van der Waals surface area contributed by atoms with Crippen LogP contribution in [0, 0.1) is 0 Å². The summed E-state index contributed by atoms with van der Waals surface area (Å²) in [4.78, 5) is 15.6. The van der Waals surface area contributed by atoms with Gasteiger partial charge in [0.05, 0.1) is 22.7 Å². The number of imidazole rings is 1. The van der Waals surface area contributed by atoms with E-state index in [-0.39, 0.29) is 11.7 Å². The van der Waals surface area contributed by atoms with Crippen molar-refractivity contribution in [2.45, 2.75) is 31.8 Å². The summed E-state index contributed by atoms with van der Waals surface area (Å²) < 4.78 is 7.77. The smallest absolute Gasteiger partial charge is 0.335 e. The maximum absolute atomic E-state index is 11.0. The SMILES string of the molecule is Cn1c(CC2CCCCO2)nc2cc(C(=O)O)ccc21. The van der Waals surface area contributed by atoms with E-state index in [2.05, 4.69) is 4.98 Å². The van der Waals surface area contributed by atoms with Gasteiger partial charge in [0.15, 0.2) is 0 Å². The van der Waals surface area contributed by atoms with Crippen molar-refractivity contribution in [1.29, 1.82) is 0 Å². The predicted octanol–water partition coefficient (Wildman–Crippen LogP) is 2.38. The van der Waals surface area contributed by atoms with Crippen LogP contribution >= 0.6 is 0 Å². The monoisotopic (exact) mass is 274 g/mol. The zero-order chi connectivity index (χ0) is 14.1. The quantitative estimate of drug-likeness (QED) is 0.933. The molecular formula is C15H18N2O3. The lowest BCUT2D eigenvalue weighted by atomic mass is 10.1. The maximum Gasteiger partial charge on any atom is 0.335 e. The highest BCUT2D eigenvalue weighted by Crippen LogP contribution is 2.21. The second-order valence-electron chi connectivity index (χ2n) is 5.29. The molecule has 1 unspecified atom stereocenters. The number of aromatic carboxylic acids is 1. The summed E-state index contributed by atoms with van der Waals surface area (Å²) in [5, 5.41) is 9.03. The van der Waals surface area contributed by atoms with Crippen molar-refractivity contribution >= 4 is 17.0 Å². The Labute approximate surface area is 117 Å². The highest BCUT2D eigenvalue weighted by atomic mass is 16.5. The van der Waals surface area contributed by atoms with Gasteiger partial charge in [-0.25, -0.2) is 9.78 Å². The molecule has 1 aromatic carbocycles. The normalized spacial score (nSPS) is 19.4. The summed E-state index contributed by atoms with van der Waals surface area (Å²) in [6.45, 7) is 0.831. The van der Waals surface area contributed by atoms with Crippen molar-refractivity contribution in [2.24, 2.45) is 7.05 Å². The standard InChI is InChI=1S/C15H18N2O3/c1-17-13-6-5-10(15(18)19)8-12(13)16-14(17)9-11-4-2-3-7-20-11/h5-6,8,11H,2-4,7,9H2,1H3,(H,18,19). The number of ether oxygens (including phenoxy) is 1. The summed E-state index contributed by atoms with van der Waals surface area (Å²) in [6.07, 6.45) is 4.44. The Bertz CT molecular complexity index is 642. The largest absolute Gasteiger partial charge is 0.478 e. The Morgan fingerprint density at radius 1 is 1.50 bits per heavy atom. The fraction of sp³-hybridized carbons (Fsp3) is 0.467. The summed E-state index contributed by atoms with van der Waals surface area (Å²) in [6, 6.07) is 5.06. The second kappa shape index (κ2) is 5.25. The molecule has 5 heteroatoms. The number of fused-ring (bicyclic) bond motifs is 1. The van der Waals surface area contributed by atoms with E-state index in [1.165, 1.54) is 6.42 Å². The molecule has 1 aliphatic rings. The molecule has 5 nitrogen and oxygen atoms in total. The molecule has 0 radical (unpaired) electrons. The van der Waals surface area contributed by atoms with E-state index in [1.807, 2.05) is 17.7 Å². The number of carbonyl (C=O) groups is 1. The molecule has 1 atom stereocenters. The van der Waals surface area contributed by atoms with Gasteiger partial charge in [0.25, 0.3) is 0 Å². The molecule has 0 aliphatic carbocycles. The molecule has 1 aliphatic heterocycles. The van der Waals surface area contributed by atoms with Gasteiger partial charge in [-0.3, -0.25) is 0 Å². The molecule has 20 heavy (non-hydrogen) atoms. The number of aromatic nitrogens is 2. The molecule has 0 bridgehead atoms. The Morgan fingerprint density at radius 3 is 3.05 bits per heavy atom. The highest BCUT2D eigenvalue weighted by Gasteiger charge is 2.18. The maximum atomic E-state index is 11.0. The van der Waals surface area contributed by atoms with Gasteiger partial charge in [-0.15, -0.1) is 0 Å². The van der Waals surface area contributed by atoms with Crippen molar-refractivity contribution in [1.82, 2.24) is 9.55 Å². The van der Waals surface area contributed by atoms with Gasteiger partial charge in [0, 0.05) is 20.1 Å². The van der Waals surface area contributed by atoms with Gasteiger partial charge >= 0.3 is 5.97 Å². The van der Waals surface area contributed by atoms with E-state index in [0.717, 1.165) is 42.7 Å². The third-order valence-electron chi connectivity index (χ3n) is 3.90. The number of rotatable bonds is 3. The lowest BCUT2D eigenvalue weighted by Gasteiger charge is -2.22. The fourth-order valence-electron chi connectivity index (χ4n) is 2.74. The first-order valence-electron chi connectivity index (χ1n) is 6.95. The lowest BCUT2D eigenvalue weighted by molar-refractivity contribution is 0.0153. The first kappa shape index (κ1) is 13.1. The number of hydrogen-bond acceptors (Lipinski definition) is 3. The Morgan fingerprint density at radius 2 is 2.35 bits per heavy atom. The molecule has 0 spiro atoms. The van der Waals surface area contributed by atoms with Crippen LogP contribution in [-0.2, 0) is 18.2 Å². The Balaban J connectivity index is 1.91. The lowest BCUT2D eigenvalue weighted by Crippen LogP contribution is -2.22. The first-order chi connectivity index (χ1) is 9.65. The zero-order valence-electron chi connectivity index (χ0n) is 11.5. The van der Waals surface area contributed by atoms with E-state index in [1.54, 1.807) is 12.1 Å². The average molecular weight is 274 g/mol. The molecule has 1 saturated heterocycles. The van der Waals surface area contributed by atoms with Crippen molar-refractivity contribution in [3.05, 3.63) is 29.6 Å². The van der Waals surface area contributed by atoms with Crippen molar-refractivity contribution in [3.8, 4) is 0 Å². The molecule has 0 amide bonds. The number of hydrogen-bond donors (Lipinski definition) is 1. The third-order valence-corrected chi connectivity index (χ3v) is 3.90. The van der Waals surface area contributed by atoms with E-state index in [9.17, 15) is 4.79 Å². The van der Waals surface area contributed by atoms with Crippen LogP contribution in [0.2, 0.25) is 0 Å². The number of aryl methyl sites for hydroxylation is 1. The van der Waals surface area contributed by atoms with Gasteiger partial charge in [0.2, 0.25) is 0 Å². The molecule has 1 N–H and O–H groups in total. The van der Waals surface area contributed by atoms with Gasteiger partial charge in [0.1, 0.15) is 5.82 Å². The summed E-state index contributed by atoms with van der Waals surface area (Å²) >= 11 is 0. The van der Waals surface area contributed by atoms with E-state index in [0.29, 0.717) is 0 Å². The zero-order valence-corrected chi connectivity index (χ0v) is 11.5. The van der Waals surface area contributed by atoms with Gasteiger partial charge < -0.3 is 14.4 Å². The van der Waals surface area contributed by atoms with Crippen LogP contribution in [0.15, 0.2) is 18.2 Å². The minimum absolute atomic E-state index is 0.234. The molecule has 1 fully saturated rings. The van der Waals surface area contributed by atoms with E-state index in [4.69, 9.17) is 9.84 Å². The predicted molar refractivity (Wildman–Crippen MR) is 75.0 cm³/mol. The second-order valence-corrected chi connectivity index (χ2v) is 5.29.